The summed E-state index contributed by atoms with van der Waals surface area (Å²) in [7, 11) is 0. The Morgan fingerprint density at radius 2 is 2.04 bits per heavy atom. The number of aromatic nitrogens is 2. The summed E-state index contributed by atoms with van der Waals surface area (Å²) in [5, 5.41) is 2.49. The van der Waals surface area contributed by atoms with Gasteiger partial charge in [-0.3, -0.25) is 14.2 Å². The Labute approximate surface area is 144 Å². The van der Waals surface area contributed by atoms with Crippen LogP contribution in [-0.2, 0) is 19.1 Å². The van der Waals surface area contributed by atoms with Gasteiger partial charge in [0.2, 0.25) is 5.91 Å². The molecule has 1 aromatic heterocycles. The van der Waals surface area contributed by atoms with Gasteiger partial charge in [0.15, 0.2) is 0 Å². The van der Waals surface area contributed by atoms with Crippen LogP contribution < -0.4 is 11.0 Å². The topological polar surface area (TPSA) is 99.5 Å². The second-order valence-corrected chi connectivity index (χ2v) is 6.32. The summed E-state index contributed by atoms with van der Waals surface area (Å²) in [5.41, 5.74) is -0.488. The van der Waals surface area contributed by atoms with Crippen LogP contribution in [0.5, 0.6) is 0 Å². The van der Waals surface area contributed by atoms with Crippen LogP contribution in [-0.4, -0.2) is 34.1 Å². The number of anilines is 1. The number of hydrogen-bond donors (Lipinski definition) is 1. The molecule has 1 saturated heterocycles. The van der Waals surface area contributed by atoms with Crippen molar-refractivity contribution >= 4 is 17.7 Å². The molecule has 134 valence electrons. The summed E-state index contributed by atoms with van der Waals surface area (Å²) in [6.07, 6.45) is 6.62. The molecule has 8 heteroatoms. The molecule has 2 heterocycles. The summed E-state index contributed by atoms with van der Waals surface area (Å²) in [6, 6.07) is 1.57. The molecular formula is C17H21N3O5. The molecule has 2 aliphatic rings. The molecular weight excluding hydrogens is 326 g/mol. The largest absolute Gasteiger partial charge is 0.463 e. The SMILES string of the molecule is CC(=O)Nc1ccn(C2O[C@H](COC(C)=O)[C@H]3CC=CC[C@@H]23)c(=O)n1. The van der Waals surface area contributed by atoms with Crippen molar-refractivity contribution in [1.29, 1.82) is 0 Å². The molecule has 1 amide bonds. The Morgan fingerprint density at radius 1 is 1.32 bits per heavy atom. The number of nitrogens with one attached hydrogen (secondary N) is 1. The standard InChI is InChI=1S/C17H21N3O5/c1-10(21)18-15-7-8-20(17(23)19-15)16-13-6-4-3-5-12(13)14(25-16)9-24-11(2)22/h3-4,7-8,12-14,16H,5-6,9H2,1-2H3,(H,18,19,21,23)/t12-,13+,14+,16?/m0/s1. The van der Waals surface area contributed by atoms with Gasteiger partial charge < -0.3 is 14.8 Å². The van der Waals surface area contributed by atoms with E-state index in [0.29, 0.717) is 0 Å². The molecule has 25 heavy (non-hydrogen) atoms. The van der Waals surface area contributed by atoms with Gasteiger partial charge in [-0.15, -0.1) is 0 Å². The van der Waals surface area contributed by atoms with Gasteiger partial charge >= 0.3 is 11.7 Å². The zero-order chi connectivity index (χ0) is 18.0. The summed E-state index contributed by atoms with van der Waals surface area (Å²) in [4.78, 5) is 38.4. The molecule has 8 nitrogen and oxygen atoms in total. The molecule has 0 saturated carbocycles. The van der Waals surface area contributed by atoms with E-state index in [1.165, 1.54) is 18.4 Å². The fourth-order valence-corrected chi connectivity index (χ4v) is 3.48. The molecule has 1 aliphatic heterocycles. The Hall–Kier alpha value is -2.48. The molecule has 0 radical (unpaired) electrons. The van der Waals surface area contributed by atoms with Crippen molar-refractivity contribution in [3.05, 3.63) is 34.9 Å². The number of amides is 1. The maximum absolute atomic E-state index is 12.4. The number of allylic oxidation sites excluding steroid dienone is 2. The maximum Gasteiger partial charge on any atom is 0.351 e. The predicted octanol–water partition coefficient (Wildman–Crippen LogP) is 1.24. The molecule has 1 aromatic rings. The van der Waals surface area contributed by atoms with Gasteiger partial charge in [0, 0.05) is 26.0 Å². The van der Waals surface area contributed by atoms with E-state index in [2.05, 4.69) is 22.5 Å². The first-order valence-electron chi connectivity index (χ1n) is 8.26. The molecule has 0 bridgehead atoms. The summed E-state index contributed by atoms with van der Waals surface area (Å²) in [5.74, 6) is -0.148. The number of rotatable bonds is 4. The lowest BCUT2D eigenvalue weighted by Crippen LogP contribution is -2.31. The quantitative estimate of drug-likeness (QED) is 0.650. The van der Waals surface area contributed by atoms with Gasteiger partial charge in [0.25, 0.3) is 0 Å². The van der Waals surface area contributed by atoms with Gasteiger partial charge in [-0.1, -0.05) is 12.2 Å². The third kappa shape index (κ3) is 3.79. The lowest BCUT2D eigenvalue weighted by molar-refractivity contribution is -0.146. The van der Waals surface area contributed by atoms with E-state index in [4.69, 9.17) is 9.47 Å². The number of esters is 1. The first-order valence-corrected chi connectivity index (χ1v) is 8.26. The minimum Gasteiger partial charge on any atom is -0.463 e. The normalized spacial score (nSPS) is 27.6. The Balaban J connectivity index is 1.83. The van der Waals surface area contributed by atoms with Crippen LogP contribution in [0, 0.1) is 11.8 Å². The lowest BCUT2D eigenvalue weighted by atomic mass is 9.81. The van der Waals surface area contributed by atoms with Crippen LogP contribution in [0.25, 0.3) is 0 Å². The lowest BCUT2D eigenvalue weighted by Gasteiger charge is -2.25. The minimum atomic E-state index is -0.488. The fourth-order valence-electron chi connectivity index (χ4n) is 3.48. The van der Waals surface area contributed by atoms with E-state index in [1.54, 1.807) is 12.3 Å². The number of carbonyl (C=O) groups excluding carboxylic acids is 2. The monoisotopic (exact) mass is 347 g/mol. The first kappa shape index (κ1) is 17.3. The number of ether oxygens (including phenoxy) is 2. The highest BCUT2D eigenvalue weighted by Crippen LogP contribution is 2.45. The van der Waals surface area contributed by atoms with Gasteiger partial charge in [-0.2, -0.15) is 4.98 Å². The van der Waals surface area contributed by atoms with Crippen molar-refractivity contribution in [2.75, 3.05) is 11.9 Å². The second-order valence-electron chi connectivity index (χ2n) is 6.32. The van der Waals surface area contributed by atoms with Crippen molar-refractivity contribution in [3.8, 4) is 0 Å². The van der Waals surface area contributed by atoms with Gasteiger partial charge in [0.1, 0.15) is 18.7 Å². The Bertz CT molecular complexity index is 757. The van der Waals surface area contributed by atoms with E-state index in [-0.39, 0.29) is 42.2 Å². The van der Waals surface area contributed by atoms with E-state index >= 15 is 0 Å². The zero-order valence-corrected chi connectivity index (χ0v) is 14.2. The maximum atomic E-state index is 12.4. The zero-order valence-electron chi connectivity index (χ0n) is 14.2. The molecule has 1 aliphatic carbocycles. The van der Waals surface area contributed by atoms with E-state index in [9.17, 15) is 14.4 Å². The number of nitrogens with zero attached hydrogens (tertiary/aromatic N) is 2. The van der Waals surface area contributed by atoms with Crippen molar-refractivity contribution in [2.24, 2.45) is 11.8 Å². The predicted molar refractivity (Wildman–Crippen MR) is 88.7 cm³/mol. The summed E-state index contributed by atoms with van der Waals surface area (Å²) in [6.45, 7) is 2.89. The number of hydrogen-bond acceptors (Lipinski definition) is 6. The van der Waals surface area contributed by atoms with Crippen LogP contribution in [0.3, 0.4) is 0 Å². The van der Waals surface area contributed by atoms with E-state index in [0.717, 1.165) is 12.8 Å². The van der Waals surface area contributed by atoms with Crippen molar-refractivity contribution < 1.29 is 19.1 Å². The summed E-state index contributed by atoms with van der Waals surface area (Å²) >= 11 is 0. The Kier molecular flexibility index (Phi) is 4.98. The molecule has 4 atom stereocenters. The van der Waals surface area contributed by atoms with Gasteiger partial charge in [0.05, 0.1) is 6.10 Å². The number of carbonyl (C=O) groups is 2. The van der Waals surface area contributed by atoms with Gasteiger partial charge in [-0.25, -0.2) is 4.79 Å². The molecule has 0 aromatic carbocycles. The highest BCUT2D eigenvalue weighted by Gasteiger charge is 2.45. The van der Waals surface area contributed by atoms with Gasteiger partial charge in [-0.05, 0) is 24.8 Å². The first-order chi connectivity index (χ1) is 12.0. The second kappa shape index (κ2) is 7.18. The van der Waals surface area contributed by atoms with E-state index in [1.807, 2.05) is 0 Å². The molecule has 1 fully saturated rings. The minimum absolute atomic E-state index is 0.108. The highest BCUT2D eigenvalue weighted by atomic mass is 16.6. The van der Waals surface area contributed by atoms with Crippen LogP contribution >= 0.6 is 0 Å². The van der Waals surface area contributed by atoms with Crippen LogP contribution in [0.15, 0.2) is 29.2 Å². The van der Waals surface area contributed by atoms with Crippen molar-refractivity contribution in [3.63, 3.8) is 0 Å². The average Bonchev–Trinajstić information content (AvgIpc) is 2.91. The fraction of sp³-hybridized carbons (Fsp3) is 0.529. The Morgan fingerprint density at radius 3 is 2.68 bits per heavy atom. The third-order valence-electron chi connectivity index (χ3n) is 4.55. The van der Waals surface area contributed by atoms with Crippen LogP contribution in [0.1, 0.15) is 32.9 Å². The van der Waals surface area contributed by atoms with Crippen LogP contribution in [0.4, 0.5) is 5.82 Å². The van der Waals surface area contributed by atoms with Crippen molar-refractivity contribution in [1.82, 2.24) is 9.55 Å². The van der Waals surface area contributed by atoms with Crippen LogP contribution in [0.2, 0.25) is 0 Å². The molecule has 1 unspecified atom stereocenters. The van der Waals surface area contributed by atoms with E-state index < -0.39 is 11.9 Å². The summed E-state index contributed by atoms with van der Waals surface area (Å²) < 4.78 is 12.6. The molecule has 0 spiro atoms. The smallest absolute Gasteiger partial charge is 0.351 e. The highest BCUT2D eigenvalue weighted by molar-refractivity contribution is 5.87. The van der Waals surface area contributed by atoms with Crippen molar-refractivity contribution in [2.45, 2.75) is 39.0 Å². The molecule has 1 N–H and O–H groups in total. The number of fused-ring (bicyclic) bond motifs is 1. The average molecular weight is 347 g/mol. The molecule has 3 rings (SSSR count). The third-order valence-corrected chi connectivity index (χ3v) is 4.55.